The Morgan fingerprint density at radius 1 is 1.04 bits per heavy atom. The Kier molecular flexibility index (Phi) is 9.58. The molecular formula is C18H27NO3S. The van der Waals surface area contributed by atoms with Crippen LogP contribution in [0.15, 0.2) is 35.2 Å². The van der Waals surface area contributed by atoms with Crippen molar-refractivity contribution in [2.45, 2.75) is 75.7 Å². The fourth-order valence-corrected chi connectivity index (χ4v) is 3.60. The van der Waals surface area contributed by atoms with E-state index in [4.69, 9.17) is 9.44 Å². The summed E-state index contributed by atoms with van der Waals surface area (Å²) in [6.45, 7) is 2.17. The third-order valence-corrected chi connectivity index (χ3v) is 5.11. The summed E-state index contributed by atoms with van der Waals surface area (Å²) < 4.78 is 30.1. The van der Waals surface area contributed by atoms with Gasteiger partial charge in [0.15, 0.2) is 0 Å². The summed E-state index contributed by atoms with van der Waals surface area (Å²) in [4.78, 5) is 0.191. The van der Waals surface area contributed by atoms with E-state index < -0.39 is 10.1 Å². The van der Waals surface area contributed by atoms with Crippen LogP contribution in [0.25, 0.3) is 0 Å². The first kappa shape index (κ1) is 19.7. The van der Waals surface area contributed by atoms with Gasteiger partial charge in [-0.1, -0.05) is 57.2 Å². The van der Waals surface area contributed by atoms with Crippen molar-refractivity contribution in [1.29, 1.82) is 5.26 Å². The van der Waals surface area contributed by atoms with Gasteiger partial charge in [-0.3, -0.25) is 4.18 Å². The molecule has 1 aromatic rings. The number of nitriles is 1. The van der Waals surface area contributed by atoms with Crippen molar-refractivity contribution in [1.82, 2.24) is 0 Å². The number of benzene rings is 1. The standard InChI is InChI=1S/C18H27NO3S/c1-2-3-4-5-7-12-17(13-10-11-16-19)22-23(20,21)18-14-8-6-9-15-18/h6,8-9,14-15,17H,2-5,7,10-13H2,1H3. The van der Waals surface area contributed by atoms with E-state index in [0.717, 1.165) is 19.3 Å². The Morgan fingerprint density at radius 3 is 2.35 bits per heavy atom. The minimum Gasteiger partial charge on any atom is -0.263 e. The van der Waals surface area contributed by atoms with Crippen LogP contribution in [0, 0.1) is 11.3 Å². The first-order valence-electron chi connectivity index (χ1n) is 8.45. The summed E-state index contributed by atoms with van der Waals surface area (Å²) in [5.41, 5.74) is 0. The highest BCUT2D eigenvalue weighted by atomic mass is 32.2. The Hall–Kier alpha value is -1.38. The molecule has 1 rings (SSSR count). The summed E-state index contributed by atoms with van der Waals surface area (Å²) in [5.74, 6) is 0. The maximum Gasteiger partial charge on any atom is 0.297 e. The molecule has 4 nitrogen and oxygen atoms in total. The van der Waals surface area contributed by atoms with Crippen LogP contribution in [0.2, 0.25) is 0 Å². The molecule has 5 heteroatoms. The highest BCUT2D eigenvalue weighted by molar-refractivity contribution is 7.86. The molecule has 0 N–H and O–H groups in total. The maximum atomic E-state index is 12.3. The molecular weight excluding hydrogens is 310 g/mol. The van der Waals surface area contributed by atoms with Crippen LogP contribution in [0.5, 0.6) is 0 Å². The van der Waals surface area contributed by atoms with Gasteiger partial charge in [-0.05, 0) is 31.4 Å². The number of rotatable bonds is 12. The first-order valence-corrected chi connectivity index (χ1v) is 9.86. The van der Waals surface area contributed by atoms with Crippen LogP contribution in [-0.2, 0) is 14.3 Å². The molecule has 1 aromatic carbocycles. The number of hydrogen-bond acceptors (Lipinski definition) is 4. The zero-order chi connectivity index (χ0) is 17.0. The Balaban J connectivity index is 2.58. The lowest BCUT2D eigenvalue weighted by Gasteiger charge is -2.17. The van der Waals surface area contributed by atoms with Crippen LogP contribution in [-0.4, -0.2) is 14.5 Å². The molecule has 0 heterocycles. The third kappa shape index (κ3) is 8.15. The SMILES string of the molecule is CCCCCCCC(CCCC#N)OS(=O)(=O)c1ccccc1. The summed E-state index contributed by atoms with van der Waals surface area (Å²) >= 11 is 0. The zero-order valence-electron chi connectivity index (χ0n) is 13.9. The van der Waals surface area contributed by atoms with Crippen molar-refractivity contribution in [3.05, 3.63) is 30.3 Å². The van der Waals surface area contributed by atoms with Gasteiger partial charge in [0, 0.05) is 6.42 Å². The summed E-state index contributed by atoms with van der Waals surface area (Å²) in [7, 11) is -3.73. The van der Waals surface area contributed by atoms with E-state index in [1.807, 2.05) is 0 Å². The molecule has 0 aliphatic rings. The highest BCUT2D eigenvalue weighted by Gasteiger charge is 2.21. The maximum absolute atomic E-state index is 12.3. The van der Waals surface area contributed by atoms with E-state index in [9.17, 15) is 8.42 Å². The van der Waals surface area contributed by atoms with Crippen molar-refractivity contribution in [3.63, 3.8) is 0 Å². The van der Waals surface area contributed by atoms with Crippen LogP contribution >= 0.6 is 0 Å². The van der Waals surface area contributed by atoms with Gasteiger partial charge in [-0.15, -0.1) is 0 Å². The number of unbranched alkanes of at least 4 members (excludes halogenated alkanes) is 5. The van der Waals surface area contributed by atoms with Gasteiger partial charge < -0.3 is 0 Å². The van der Waals surface area contributed by atoms with Crippen molar-refractivity contribution < 1.29 is 12.6 Å². The van der Waals surface area contributed by atoms with Gasteiger partial charge in [0.05, 0.1) is 17.1 Å². The molecule has 0 saturated carbocycles. The molecule has 0 amide bonds. The molecule has 0 saturated heterocycles. The van der Waals surface area contributed by atoms with Gasteiger partial charge in [-0.2, -0.15) is 13.7 Å². The van der Waals surface area contributed by atoms with E-state index in [0.29, 0.717) is 19.3 Å². The third-order valence-electron chi connectivity index (χ3n) is 3.74. The average molecular weight is 337 g/mol. The topological polar surface area (TPSA) is 67.2 Å². The van der Waals surface area contributed by atoms with Gasteiger partial charge in [-0.25, -0.2) is 0 Å². The Labute approximate surface area is 140 Å². The monoisotopic (exact) mass is 337 g/mol. The van der Waals surface area contributed by atoms with Gasteiger partial charge in [0.25, 0.3) is 10.1 Å². The van der Waals surface area contributed by atoms with Crippen LogP contribution < -0.4 is 0 Å². The predicted molar refractivity (Wildman–Crippen MR) is 91.3 cm³/mol. The number of nitrogens with zero attached hydrogens (tertiary/aromatic N) is 1. The lowest BCUT2D eigenvalue weighted by Crippen LogP contribution is -2.19. The second kappa shape index (κ2) is 11.2. The Bertz CT molecular complexity index is 564. The quantitative estimate of drug-likeness (QED) is 0.405. The molecule has 0 fully saturated rings. The zero-order valence-corrected chi connectivity index (χ0v) is 14.7. The second-order valence-electron chi connectivity index (χ2n) is 5.74. The largest absolute Gasteiger partial charge is 0.297 e. The highest BCUT2D eigenvalue weighted by Crippen LogP contribution is 2.20. The molecule has 23 heavy (non-hydrogen) atoms. The first-order chi connectivity index (χ1) is 11.1. The summed E-state index contributed by atoms with van der Waals surface area (Å²) in [6, 6.07) is 10.3. The van der Waals surface area contributed by atoms with E-state index in [1.165, 1.54) is 19.3 Å². The molecule has 0 spiro atoms. The smallest absolute Gasteiger partial charge is 0.263 e. The molecule has 0 aliphatic carbocycles. The molecule has 0 aromatic heterocycles. The summed E-state index contributed by atoms with van der Waals surface area (Å²) in [6.07, 6.45) is 7.71. The van der Waals surface area contributed by atoms with Gasteiger partial charge in [0.1, 0.15) is 0 Å². The average Bonchev–Trinajstić information content (AvgIpc) is 2.55. The fourth-order valence-electron chi connectivity index (χ4n) is 2.45. The van der Waals surface area contributed by atoms with Crippen molar-refractivity contribution in [3.8, 4) is 6.07 Å². The van der Waals surface area contributed by atoms with Crippen molar-refractivity contribution in [2.24, 2.45) is 0 Å². The predicted octanol–water partition coefficient (Wildman–Crippen LogP) is 4.81. The molecule has 128 valence electrons. The molecule has 1 atom stereocenters. The van der Waals surface area contributed by atoms with Crippen LogP contribution in [0.4, 0.5) is 0 Å². The van der Waals surface area contributed by atoms with Gasteiger partial charge in [0.2, 0.25) is 0 Å². The molecule has 0 bridgehead atoms. The minimum atomic E-state index is -3.73. The molecule has 0 radical (unpaired) electrons. The molecule has 0 aliphatic heterocycles. The van der Waals surface area contributed by atoms with E-state index >= 15 is 0 Å². The lowest BCUT2D eigenvalue weighted by atomic mass is 10.0. The fraction of sp³-hybridized carbons (Fsp3) is 0.611. The lowest BCUT2D eigenvalue weighted by molar-refractivity contribution is 0.182. The van der Waals surface area contributed by atoms with Crippen molar-refractivity contribution in [2.75, 3.05) is 0 Å². The van der Waals surface area contributed by atoms with E-state index in [1.54, 1.807) is 30.3 Å². The summed E-state index contributed by atoms with van der Waals surface area (Å²) in [5, 5.41) is 8.65. The van der Waals surface area contributed by atoms with Crippen LogP contribution in [0.1, 0.15) is 64.7 Å². The normalized spacial score (nSPS) is 12.7. The Morgan fingerprint density at radius 2 is 1.70 bits per heavy atom. The van der Waals surface area contributed by atoms with E-state index in [2.05, 4.69) is 13.0 Å². The number of hydrogen-bond donors (Lipinski definition) is 0. The second-order valence-corrected chi connectivity index (χ2v) is 7.31. The van der Waals surface area contributed by atoms with Crippen LogP contribution in [0.3, 0.4) is 0 Å². The van der Waals surface area contributed by atoms with E-state index in [-0.39, 0.29) is 11.0 Å². The molecule has 1 unspecified atom stereocenters. The minimum absolute atomic E-state index is 0.191. The van der Waals surface area contributed by atoms with Crippen molar-refractivity contribution >= 4 is 10.1 Å². The van der Waals surface area contributed by atoms with Gasteiger partial charge >= 0.3 is 0 Å².